The van der Waals surface area contributed by atoms with Gasteiger partial charge in [0.15, 0.2) is 0 Å². The molecule has 1 saturated heterocycles. The van der Waals surface area contributed by atoms with Crippen LogP contribution in [0.3, 0.4) is 0 Å². The molecule has 2 unspecified atom stereocenters. The number of nitriles is 1. The molecule has 2 heterocycles. The molecule has 6 heteroatoms. The summed E-state index contributed by atoms with van der Waals surface area (Å²) in [6.07, 6.45) is 6.69. The van der Waals surface area contributed by atoms with Gasteiger partial charge in [-0.2, -0.15) is 5.26 Å². The van der Waals surface area contributed by atoms with E-state index in [4.69, 9.17) is 0 Å². The van der Waals surface area contributed by atoms with Crippen LogP contribution in [0.1, 0.15) is 31.5 Å². The first kappa shape index (κ1) is 19.8. The van der Waals surface area contributed by atoms with Gasteiger partial charge in [-0.15, -0.1) is 0 Å². The molecule has 0 amide bonds. The lowest BCUT2D eigenvalue weighted by Crippen LogP contribution is -2.42. The summed E-state index contributed by atoms with van der Waals surface area (Å²) < 4.78 is 27.8. The van der Waals surface area contributed by atoms with Crippen molar-refractivity contribution in [2.24, 2.45) is 23.7 Å². The topological polar surface area (TPSA) is 82.8 Å². The normalized spacial score (nSPS) is 30.7. The third-order valence-electron chi connectivity index (χ3n) is 6.56. The molecule has 4 rings (SSSR count). The first-order valence-corrected chi connectivity index (χ1v) is 11.6. The predicted octanol–water partition coefficient (Wildman–Crippen LogP) is 3.84. The number of nitrogens with zero attached hydrogens (tertiary/aromatic N) is 2. The first-order valence-electron chi connectivity index (χ1n) is 10.0. The molecule has 0 bridgehead atoms. The zero-order chi connectivity index (χ0) is 20.6. The number of allylic oxidation sites excluding steroid dienone is 1. The number of pyridine rings is 1. The molecule has 1 aromatic heterocycles. The predicted molar refractivity (Wildman–Crippen MR) is 114 cm³/mol. The van der Waals surface area contributed by atoms with E-state index in [9.17, 15) is 13.7 Å². The molecule has 1 aliphatic heterocycles. The number of nitrogens with one attached hydrogen (secondary N) is 1. The van der Waals surface area contributed by atoms with E-state index >= 15 is 0 Å². The summed E-state index contributed by atoms with van der Waals surface area (Å²) in [5.74, 6) is 0.936. The van der Waals surface area contributed by atoms with Crippen LogP contribution in [0.5, 0.6) is 0 Å². The molecule has 0 spiro atoms. The number of benzene rings is 1. The van der Waals surface area contributed by atoms with E-state index in [1.807, 2.05) is 42.5 Å². The Hall–Kier alpha value is -2.49. The van der Waals surface area contributed by atoms with Gasteiger partial charge in [-0.25, -0.2) is 13.1 Å². The second-order valence-corrected chi connectivity index (χ2v) is 10.2. The van der Waals surface area contributed by atoms with Crippen molar-refractivity contribution in [3.63, 3.8) is 0 Å². The van der Waals surface area contributed by atoms with Gasteiger partial charge in [0.1, 0.15) is 0 Å². The standard InChI is InChI=1S/C23H25N3O2S/c1-15-11-19-14-26-29(27,28)23(19)21(16(15)2)10-9-20-8-7-18(13-25-20)22-6-4-3-5-17(22)12-24/h3-10,13,15-16,19,21,23,26H,11,14H2,1-2H3/t15-,16+,19?,21-,23?/m0/s1. The number of fused-ring (bicyclic) bond motifs is 1. The molecular weight excluding hydrogens is 382 g/mol. The maximum atomic E-state index is 12.5. The minimum atomic E-state index is -3.26. The van der Waals surface area contributed by atoms with Crippen molar-refractivity contribution in [3.05, 3.63) is 59.9 Å². The third-order valence-corrected chi connectivity index (χ3v) is 8.55. The van der Waals surface area contributed by atoms with Crippen molar-refractivity contribution in [2.75, 3.05) is 6.54 Å². The molecule has 1 saturated carbocycles. The summed E-state index contributed by atoms with van der Waals surface area (Å²) in [5.41, 5.74) is 3.15. The molecule has 2 aliphatic rings. The lowest BCUT2D eigenvalue weighted by molar-refractivity contribution is 0.175. The molecule has 1 aliphatic carbocycles. The summed E-state index contributed by atoms with van der Waals surface area (Å²) in [7, 11) is -3.26. The Balaban J connectivity index is 1.59. The van der Waals surface area contributed by atoms with Crippen LogP contribution in [0.25, 0.3) is 17.2 Å². The molecule has 2 aromatic rings. The molecular formula is C23H25N3O2S. The van der Waals surface area contributed by atoms with Gasteiger partial charge in [-0.05, 0) is 48.3 Å². The minimum Gasteiger partial charge on any atom is -0.256 e. The summed E-state index contributed by atoms with van der Waals surface area (Å²) >= 11 is 0. The number of aromatic nitrogens is 1. The fraction of sp³-hybridized carbons (Fsp3) is 0.391. The van der Waals surface area contributed by atoms with Crippen LogP contribution in [0.15, 0.2) is 48.7 Å². The Kier molecular flexibility index (Phi) is 5.28. The maximum absolute atomic E-state index is 12.5. The second kappa shape index (κ2) is 7.74. The number of hydrogen-bond acceptors (Lipinski definition) is 4. The van der Waals surface area contributed by atoms with Gasteiger partial charge < -0.3 is 0 Å². The molecule has 5 atom stereocenters. The Morgan fingerprint density at radius 2 is 2.00 bits per heavy atom. The fourth-order valence-corrected chi connectivity index (χ4v) is 6.89. The van der Waals surface area contributed by atoms with Gasteiger partial charge in [0.2, 0.25) is 10.0 Å². The van der Waals surface area contributed by atoms with Crippen LogP contribution in [0, 0.1) is 35.0 Å². The van der Waals surface area contributed by atoms with Crippen LogP contribution in [0.2, 0.25) is 0 Å². The molecule has 2 fully saturated rings. The molecule has 1 aromatic carbocycles. The maximum Gasteiger partial charge on any atom is 0.215 e. The average Bonchev–Trinajstić information content (AvgIpc) is 3.03. The molecule has 0 radical (unpaired) electrons. The van der Waals surface area contributed by atoms with Crippen LogP contribution in [-0.2, 0) is 10.0 Å². The third kappa shape index (κ3) is 3.73. The van der Waals surface area contributed by atoms with Gasteiger partial charge in [0, 0.05) is 23.9 Å². The number of sulfonamides is 1. The quantitative estimate of drug-likeness (QED) is 0.838. The van der Waals surface area contributed by atoms with Crippen molar-refractivity contribution < 1.29 is 8.42 Å². The van der Waals surface area contributed by atoms with Crippen molar-refractivity contribution in [1.29, 1.82) is 5.26 Å². The monoisotopic (exact) mass is 407 g/mol. The summed E-state index contributed by atoms with van der Waals surface area (Å²) in [6.45, 7) is 4.92. The summed E-state index contributed by atoms with van der Waals surface area (Å²) in [6, 6.07) is 13.5. The van der Waals surface area contributed by atoms with Crippen molar-refractivity contribution >= 4 is 16.1 Å². The zero-order valence-corrected chi connectivity index (χ0v) is 17.4. The molecule has 150 valence electrons. The Bertz CT molecular complexity index is 1070. The van der Waals surface area contributed by atoms with Crippen molar-refractivity contribution in [3.8, 4) is 17.2 Å². The van der Waals surface area contributed by atoms with Gasteiger partial charge in [-0.1, -0.05) is 44.2 Å². The minimum absolute atomic E-state index is 0.0236. The Morgan fingerprint density at radius 1 is 1.21 bits per heavy atom. The fourth-order valence-electron chi connectivity index (χ4n) is 4.79. The Labute approximate surface area is 172 Å². The van der Waals surface area contributed by atoms with E-state index in [1.165, 1.54) is 0 Å². The molecule has 29 heavy (non-hydrogen) atoms. The number of rotatable bonds is 3. The van der Waals surface area contributed by atoms with E-state index in [2.05, 4.69) is 29.6 Å². The van der Waals surface area contributed by atoms with Crippen molar-refractivity contribution in [1.82, 2.24) is 9.71 Å². The van der Waals surface area contributed by atoms with Crippen molar-refractivity contribution in [2.45, 2.75) is 25.5 Å². The van der Waals surface area contributed by atoms with Gasteiger partial charge in [-0.3, -0.25) is 4.98 Å². The van der Waals surface area contributed by atoms with Crippen LogP contribution >= 0.6 is 0 Å². The highest BCUT2D eigenvalue weighted by Crippen LogP contribution is 2.44. The summed E-state index contributed by atoms with van der Waals surface area (Å²) in [4.78, 5) is 4.52. The highest BCUT2D eigenvalue weighted by molar-refractivity contribution is 7.90. The zero-order valence-electron chi connectivity index (χ0n) is 16.6. The lowest BCUT2D eigenvalue weighted by atomic mass is 9.68. The van der Waals surface area contributed by atoms with E-state index in [-0.39, 0.29) is 17.1 Å². The summed E-state index contributed by atoms with van der Waals surface area (Å²) in [5, 5.41) is 8.94. The van der Waals surface area contributed by atoms with Gasteiger partial charge >= 0.3 is 0 Å². The SMILES string of the molecule is C[C@H]1[C@H](C=Cc2ccc(-c3ccccc3C#N)cn2)C2C(CNS2(=O)=O)C[C@@H]1C. The van der Waals surface area contributed by atoms with E-state index in [0.717, 1.165) is 23.2 Å². The smallest absolute Gasteiger partial charge is 0.215 e. The van der Waals surface area contributed by atoms with Crippen LogP contribution < -0.4 is 4.72 Å². The van der Waals surface area contributed by atoms with E-state index < -0.39 is 10.0 Å². The van der Waals surface area contributed by atoms with E-state index in [0.29, 0.717) is 23.9 Å². The number of hydrogen-bond donors (Lipinski definition) is 1. The molecule has 5 nitrogen and oxygen atoms in total. The Morgan fingerprint density at radius 3 is 2.72 bits per heavy atom. The average molecular weight is 408 g/mol. The highest BCUT2D eigenvalue weighted by atomic mass is 32.2. The van der Waals surface area contributed by atoms with Crippen LogP contribution in [-0.4, -0.2) is 25.2 Å². The van der Waals surface area contributed by atoms with Gasteiger partial charge in [0.05, 0.1) is 22.6 Å². The largest absolute Gasteiger partial charge is 0.256 e. The van der Waals surface area contributed by atoms with Gasteiger partial charge in [0.25, 0.3) is 0 Å². The highest BCUT2D eigenvalue weighted by Gasteiger charge is 2.50. The lowest BCUT2D eigenvalue weighted by Gasteiger charge is -2.39. The van der Waals surface area contributed by atoms with Crippen LogP contribution in [0.4, 0.5) is 0 Å². The van der Waals surface area contributed by atoms with E-state index in [1.54, 1.807) is 12.3 Å². The second-order valence-electron chi connectivity index (χ2n) is 8.26. The molecule has 1 N–H and O–H groups in total. The first-order chi connectivity index (χ1) is 13.9.